The molecule has 1 aromatic heterocycles. The average molecular weight is 553 g/mol. The van der Waals surface area contributed by atoms with Gasteiger partial charge in [0.2, 0.25) is 0 Å². The highest BCUT2D eigenvalue weighted by Crippen LogP contribution is 2.45. The molecule has 6 nitrogen and oxygen atoms in total. The summed E-state index contributed by atoms with van der Waals surface area (Å²) < 4.78 is 14.2. The summed E-state index contributed by atoms with van der Waals surface area (Å²) in [6, 6.07) is 31.8. The number of fused-ring (bicyclic) bond motifs is 1. The van der Waals surface area contributed by atoms with E-state index in [0.29, 0.717) is 34.2 Å². The molecule has 5 aromatic rings. The minimum Gasteiger partial charge on any atom is -0.421 e. The third-order valence-electron chi connectivity index (χ3n) is 6.34. The summed E-state index contributed by atoms with van der Waals surface area (Å²) in [7, 11) is 0. The van der Waals surface area contributed by atoms with Gasteiger partial charge in [0.25, 0.3) is 5.79 Å². The van der Waals surface area contributed by atoms with Crippen molar-refractivity contribution < 1.29 is 19.4 Å². The standard InChI is InChI=1S/C24H18N2O3S2.C7H6O/c1-30-18-10-8-17(9-11-18)24(28)19(13-15-5-3-2-4-6-15)22(23(27)29-24)16-7-12-20-21(14-16)26-31-25-20;8-6-7-4-2-1-3-5-7/h2-12,14,28H,13H2,1H3;1-6H. The van der Waals surface area contributed by atoms with Crippen LogP contribution in [0.15, 0.2) is 114 Å². The van der Waals surface area contributed by atoms with Crippen LogP contribution in [0.4, 0.5) is 0 Å². The zero-order valence-electron chi connectivity index (χ0n) is 21.0. The predicted octanol–water partition coefficient (Wildman–Crippen LogP) is 6.31. The Hall–Kier alpha value is -4.11. The van der Waals surface area contributed by atoms with Crippen molar-refractivity contribution in [3.05, 3.63) is 131 Å². The second-order valence-electron chi connectivity index (χ2n) is 8.77. The van der Waals surface area contributed by atoms with Gasteiger partial charge in [-0.2, -0.15) is 8.75 Å². The Labute approximate surface area is 234 Å². The first-order valence-electron chi connectivity index (χ1n) is 12.1. The number of hydrogen-bond acceptors (Lipinski definition) is 8. The molecule has 1 aliphatic rings. The number of aldehydes is 1. The summed E-state index contributed by atoms with van der Waals surface area (Å²) in [6.45, 7) is 0. The minimum atomic E-state index is -1.84. The van der Waals surface area contributed by atoms with Gasteiger partial charge in [0, 0.05) is 28.0 Å². The topological polar surface area (TPSA) is 89.4 Å². The Balaban J connectivity index is 0.000000332. The van der Waals surface area contributed by atoms with E-state index in [1.807, 2.05) is 85.1 Å². The molecule has 0 amide bonds. The van der Waals surface area contributed by atoms with Gasteiger partial charge >= 0.3 is 5.97 Å². The van der Waals surface area contributed by atoms with E-state index in [2.05, 4.69) is 8.75 Å². The summed E-state index contributed by atoms with van der Waals surface area (Å²) in [5.74, 6) is -2.39. The Kier molecular flexibility index (Phi) is 7.97. The molecule has 1 atom stereocenters. The zero-order valence-corrected chi connectivity index (χ0v) is 22.6. The molecule has 1 unspecified atom stereocenters. The van der Waals surface area contributed by atoms with Crippen LogP contribution >= 0.6 is 23.5 Å². The van der Waals surface area contributed by atoms with Gasteiger partial charge in [-0.3, -0.25) is 4.79 Å². The van der Waals surface area contributed by atoms with E-state index in [4.69, 9.17) is 4.74 Å². The average Bonchev–Trinajstić information content (AvgIpc) is 3.56. The smallest absolute Gasteiger partial charge is 0.342 e. The highest BCUT2D eigenvalue weighted by Gasteiger charge is 2.48. The molecule has 6 rings (SSSR count). The van der Waals surface area contributed by atoms with E-state index >= 15 is 0 Å². The van der Waals surface area contributed by atoms with Gasteiger partial charge in [-0.15, -0.1) is 11.8 Å². The van der Waals surface area contributed by atoms with E-state index in [0.717, 1.165) is 39.6 Å². The van der Waals surface area contributed by atoms with Crippen LogP contribution in [-0.4, -0.2) is 32.4 Å². The van der Waals surface area contributed by atoms with Crippen LogP contribution in [0.2, 0.25) is 0 Å². The maximum absolute atomic E-state index is 13.1. The van der Waals surface area contributed by atoms with E-state index < -0.39 is 11.8 Å². The number of aliphatic hydroxyl groups is 1. The summed E-state index contributed by atoms with van der Waals surface area (Å²) in [6.07, 6.45) is 3.19. The van der Waals surface area contributed by atoms with Crippen LogP contribution in [0.5, 0.6) is 0 Å². The number of rotatable bonds is 6. The number of hydrogen-bond donors (Lipinski definition) is 1. The normalized spacial score (nSPS) is 16.5. The number of carbonyl (C=O) groups excluding carboxylic acids is 2. The molecule has 39 heavy (non-hydrogen) atoms. The Morgan fingerprint density at radius 3 is 2.21 bits per heavy atom. The highest BCUT2D eigenvalue weighted by atomic mass is 32.2. The SMILES string of the molecule is CSc1ccc(C2(O)OC(=O)C(c3ccc4nsnc4c3)=C2Cc2ccccc2)cc1.O=Cc1ccccc1. The summed E-state index contributed by atoms with van der Waals surface area (Å²) in [5.41, 5.74) is 5.26. The van der Waals surface area contributed by atoms with E-state index in [-0.39, 0.29) is 0 Å². The van der Waals surface area contributed by atoms with Crippen LogP contribution in [0, 0.1) is 0 Å². The second-order valence-corrected chi connectivity index (χ2v) is 10.2. The number of aromatic nitrogens is 2. The molecule has 1 N–H and O–H groups in total. The number of thioether (sulfide) groups is 1. The molecule has 0 spiro atoms. The number of esters is 1. The molecule has 0 fully saturated rings. The molecule has 4 aromatic carbocycles. The van der Waals surface area contributed by atoms with Gasteiger partial charge in [-0.05, 0) is 41.6 Å². The predicted molar refractivity (Wildman–Crippen MR) is 155 cm³/mol. The number of benzene rings is 4. The van der Waals surface area contributed by atoms with E-state index in [1.54, 1.807) is 36.0 Å². The molecule has 2 heterocycles. The van der Waals surface area contributed by atoms with Crippen molar-refractivity contribution in [3.8, 4) is 0 Å². The maximum Gasteiger partial charge on any atom is 0.342 e. The first-order valence-corrected chi connectivity index (χ1v) is 14.1. The molecule has 1 aliphatic heterocycles. The van der Waals surface area contributed by atoms with Crippen molar-refractivity contribution in [1.29, 1.82) is 0 Å². The molecule has 0 saturated heterocycles. The lowest BCUT2D eigenvalue weighted by atomic mass is 9.88. The lowest BCUT2D eigenvalue weighted by Gasteiger charge is -2.26. The van der Waals surface area contributed by atoms with Gasteiger partial charge in [-0.25, -0.2) is 4.79 Å². The van der Waals surface area contributed by atoms with Crippen molar-refractivity contribution in [2.24, 2.45) is 0 Å². The van der Waals surface area contributed by atoms with Gasteiger partial charge in [-0.1, -0.05) is 78.9 Å². The molecule has 0 aliphatic carbocycles. The largest absolute Gasteiger partial charge is 0.421 e. The Morgan fingerprint density at radius 1 is 0.897 bits per heavy atom. The third-order valence-corrected chi connectivity index (χ3v) is 7.64. The molecule has 0 radical (unpaired) electrons. The van der Waals surface area contributed by atoms with Crippen molar-refractivity contribution in [3.63, 3.8) is 0 Å². The fourth-order valence-electron chi connectivity index (χ4n) is 4.36. The fraction of sp³-hybridized carbons (Fsp3) is 0.0968. The lowest BCUT2D eigenvalue weighted by Crippen LogP contribution is -2.29. The van der Waals surface area contributed by atoms with E-state index in [1.165, 1.54) is 0 Å². The van der Waals surface area contributed by atoms with Crippen LogP contribution < -0.4 is 0 Å². The van der Waals surface area contributed by atoms with E-state index in [9.17, 15) is 14.7 Å². The number of carbonyl (C=O) groups is 2. The van der Waals surface area contributed by atoms with Gasteiger partial charge in [0.1, 0.15) is 17.3 Å². The van der Waals surface area contributed by atoms with Crippen LogP contribution in [0.1, 0.15) is 27.0 Å². The van der Waals surface area contributed by atoms with Gasteiger partial charge < -0.3 is 9.84 Å². The molecule has 0 bridgehead atoms. The summed E-state index contributed by atoms with van der Waals surface area (Å²) >= 11 is 2.73. The molecule has 194 valence electrons. The maximum atomic E-state index is 13.1. The summed E-state index contributed by atoms with van der Waals surface area (Å²) in [5, 5.41) is 11.7. The second kappa shape index (κ2) is 11.7. The van der Waals surface area contributed by atoms with Gasteiger partial charge in [0.15, 0.2) is 0 Å². The molecular formula is C31H24N2O4S2. The minimum absolute atomic E-state index is 0.371. The summed E-state index contributed by atoms with van der Waals surface area (Å²) in [4.78, 5) is 24.2. The number of ether oxygens (including phenoxy) is 1. The zero-order chi connectivity index (χ0) is 27.2. The molecular weight excluding hydrogens is 528 g/mol. The molecule has 8 heteroatoms. The van der Waals surface area contributed by atoms with Gasteiger partial charge in [0.05, 0.1) is 17.3 Å². The third kappa shape index (κ3) is 5.68. The van der Waals surface area contributed by atoms with Crippen LogP contribution in [-0.2, 0) is 21.7 Å². The Morgan fingerprint density at radius 2 is 1.56 bits per heavy atom. The number of cyclic esters (lactones) is 1. The Bertz CT molecular complexity index is 1630. The first kappa shape index (κ1) is 26.5. The first-order chi connectivity index (χ1) is 19.0. The van der Waals surface area contributed by atoms with Crippen molar-refractivity contribution in [2.45, 2.75) is 17.1 Å². The van der Waals surface area contributed by atoms with Crippen LogP contribution in [0.25, 0.3) is 16.6 Å². The molecule has 0 saturated carbocycles. The van der Waals surface area contributed by atoms with Crippen molar-refractivity contribution in [1.82, 2.24) is 8.75 Å². The van der Waals surface area contributed by atoms with Crippen molar-refractivity contribution >= 4 is 52.4 Å². The van der Waals surface area contributed by atoms with Crippen LogP contribution in [0.3, 0.4) is 0 Å². The number of nitrogens with zero attached hydrogens (tertiary/aromatic N) is 2. The monoisotopic (exact) mass is 552 g/mol. The quantitative estimate of drug-likeness (QED) is 0.150. The van der Waals surface area contributed by atoms with Crippen molar-refractivity contribution in [2.75, 3.05) is 6.26 Å². The lowest BCUT2D eigenvalue weighted by molar-refractivity contribution is -0.185. The highest BCUT2D eigenvalue weighted by molar-refractivity contribution is 7.98. The fourth-order valence-corrected chi connectivity index (χ4v) is 5.28.